The van der Waals surface area contributed by atoms with Gasteiger partial charge in [-0.25, -0.2) is 0 Å². The van der Waals surface area contributed by atoms with Crippen LogP contribution < -0.4 is 5.32 Å². The van der Waals surface area contributed by atoms with Crippen LogP contribution in [0.5, 0.6) is 0 Å². The van der Waals surface area contributed by atoms with Crippen molar-refractivity contribution in [1.82, 2.24) is 20.3 Å². The van der Waals surface area contributed by atoms with Gasteiger partial charge in [0.15, 0.2) is 0 Å². The number of unbranched alkanes of at least 4 members (excludes halogenated alkanes) is 1. The Hall–Kier alpha value is -2.28. The number of carbonyl (C=O) groups is 2. The summed E-state index contributed by atoms with van der Waals surface area (Å²) in [5.41, 5.74) is 1.47. The molecule has 0 aliphatic rings. The number of nitrogens with zero attached hydrogens (tertiary/aromatic N) is 3. The molecule has 1 aromatic carbocycles. The van der Waals surface area contributed by atoms with Crippen LogP contribution in [0.4, 0.5) is 0 Å². The van der Waals surface area contributed by atoms with Crippen molar-refractivity contribution in [1.29, 1.82) is 0 Å². The SMILES string of the molecule is CNCCCCC(C)C(=O)O.O=Cn1nnc2ccccc21. The van der Waals surface area contributed by atoms with Gasteiger partial charge in [0.1, 0.15) is 5.52 Å². The first-order chi connectivity index (χ1) is 10.6. The number of para-hydroxylation sites is 1. The summed E-state index contributed by atoms with van der Waals surface area (Å²) in [4.78, 5) is 20.7. The van der Waals surface area contributed by atoms with E-state index in [0.717, 1.165) is 36.8 Å². The first-order valence-electron chi connectivity index (χ1n) is 7.22. The lowest BCUT2D eigenvalue weighted by Crippen LogP contribution is -2.11. The number of rotatable bonds is 7. The van der Waals surface area contributed by atoms with E-state index in [-0.39, 0.29) is 5.92 Å². The summed E-state index contributed by atoms with van der Waals surface area (Å²) in [7, 11) is 1.90. The molecular weight excluding hydrogens is 284 g/mol. The molecule has 2 aromatic rings. The minimum atomic E-state index is -0.686. The van der Waals surface area contributed by atoms with Crippen LogP contribution in [0.1, 0.15) is 26.2 Å². The van der Waals surface area contributed by atoms with Gasteiger partial charge in [0.05, 0.1) is 11.4 Å². The van der Waals surface area contributed by atoms with Crippen LogP contribution in [-0.4, -0.2) is 46.1 Å². The lowest BCUT2D eigenvalue weighted by atomic mass is 10.0. The third-order valence-electron chi connectivity index (χ3n) is 3.21. The smallest absolute Gasteiger partial charge is 0.306 e. The molecule has 1 aromatic heterocycles. The molecule has 1 unspecified atom stereocenters. The van der Waals surface area contributed by atoms with Gasteiger partial charge in [0.2, 0.25) is 6.41 Å². The summed E-state index contributed by atoms with van der Waals surface area (Å²) >= 11 is 0. The number of hydrogen-bond donors (Lipinski definition) is 2. The van der Waals surface area contributed by atoms with Crippen LogP contribution >= 0.6 is 0 Å². The highest BCUT2D eigenvalue weighted by atomic mass is 16.4. The van der Waals surface area contributed by atoms with E-state index in [4.69, 9.17) is 5.11 Å². The number of fused-ring (bicyclic) bond motifs is 1. The molecule has 0 aliphatic carbocycles. The highest BCUT2D eigenvalue weighted by Gasteiger charge is 2.08. The molecule has 1 heterocycles. The van der Waals surface area contributed by atoms with E-state index >= 15 is 0 Å². The maximum Gasteiger partial charge on any atom is 0.306 e. The monoisotopic (exact) mass is 306 g/mol. The van der Waals surface area contributed by atoms with Crippen LogP contribution in [0.2, 0.25) is 0 Å². The van der Waals surface area contributed by atoms with Crippen LogP contribution in [-0.2, 0) is 9.59 Å². The maximum absolute atomic E-state index is 10.3. The molecule has 22 heavy (non-hydrogen) atoms. The first kappa shape index (κ1) is 17.8. The Balaban J connectivity index is 0.000000220. The van der Waals surface area contributed by atoms with Crippen molar-refractivity contribution in [2.45, 2.75) is 26.2 Å². The van der Waals surface area contributed by atoms with Crippen LogP contribution in [0.25, 0.3) is 11.0 Å². The van der Waals surface area contributed by atoms with E-state index in [1.807, 2.05) is 25.2 Å². The summed E-state index contributed by atoms with van der Waals surface area (Å²) in [6.45, 7) is 2.73. The molecule has 0 fully saturated rings. The summed E-state index contributed by atoms with van der Waals surface area (Å²) in [6.07, 6.45) is 3.48. The fourth-order valence-electron chi connectivity index (χ4n) is 1.84. The minimum absolute atomic E-state index is 0.188. The molecule has 0 bridgehead atoms. The molecule has 7 heteroatoms. The zero-order valence-electron chi connectivity index (χ0n) is 12.9. The number of carbonyl (C=O) groups excluding carboxylic acids is 1. The van der Waals surface area contributed by atoms with Crippen molar-refractivity contribution in [2.75, 3.05) is 13.6 Å². The molecule has 0 spiro atoms. The fourth-order valence-corrected chi connectivity index (χ4v) is 1.84. The van der Waals surface area contributed by atoms with Crippen molar-refractivity contribution in [3.63, 3.8) is 0 Å². The van der Waals surface area contributed by atoms with Gasteiger partial charge in [-0.1, -0.05) is 30.7 Å². The van der Waals surface area contributed by atoms with E-state index in [1.54, 1.807) is 13.0 Å². The molecule has 1 atom stereocenters. The molecule has 0 radical (unpaired) electrons. The van der Waals surface area contributed by atoms with Gasteiger partial charge in [-0.3, -0.25) is 9.59 Å². The van der Waals surface area contributed by atoms with Gasteiger partial charge in [0.25, 0.3) is 0 Å². The molecule has 2 rings (SSSR count). The van der Waals surface area contributed by atoms with Gasteiger partial charge >= 0.3 is 5.97 Å². The predicted octanol–water partition coefficient (Wildman–Crippen LogP) is 1.57. The molecule has 2 N–H and O–H groups in total. The predicted molar refractivity (Wildman–Crippen MR) is 84.3 cm³/mol. The zero-order valence-corrected chi connectivity index (χ0v) is 12.9. The first-order valence-corrected chi connectivity index (χ1v) is 7.22. The van der Waals surface area contributed by atoms with Crippen molar-refractivity contribution in [3.8, 4) is 0 Å². The molecule has 120 valence electrons. The van der Waals surface area contributed by atoms with Crippen molar-refractivity contribution in [3.05, 3.63) is 24.3 Å². The molecule has 0 aliphatic heterocycles. The van der Waals surface area contributed by atoms with Gasteiger partial charge in [-0.15, -0.1) is 5.10 Å². The lowest BCUT2D eigenvalue weighted by molar-refractivity contribution is -0.141. The van der Waals surface area contributed by atoms with Gasteiger partial charge in [-0.2, -0.15) is 4.68 Å². The van der Waals surface area contributed by atoms with E-state index in [0.29, 0.717) is 6.41 Å². The quantitative estimate of drug-likeness (QED) is 0.595. The topological polar surface area (TPSA) is 97.1 Å². The van der Waals surface area contributed by atoms with Crippen molar-refractivity contribution in [2.24, 2.45) is 5.92 Å². The summed E-state index contributed by atoms with van der Waals surface area (Å²) in [6, 6.07) is 7.30. The van der Waals surface area contributed by atoms with Crippen molar-refractivity contribution < 1.29 is 14.7 Å². The number of carboxylic acids is 1. The summed E-state index contributed by atoms with van der Waals surface area (Å²) < 4.78 is 1.20. The Kier molecular flexibility index (Phi) is 7.77. The molecule has 7 nitrogen and oxygen atoms in total. The molecule has 0 saturated carbocycles. The average Bonchev–Trinajstić information content (AvgIpc) is 2.95. The summed E-state index contributed by atoms with van der Waals surface area (Å²) in [5, 5.41) is 18.9. The number of aromatic nitrogens is 3. The molecule has 0 saturated heterocycles. The highest BCUT2D eigenvalue weighted by Crippen LogP contribution is 2.07. The summed E-state index contributed by atoms with van der Waals surface area (Å²) in [5.74, 6) is -0.874. The van der Waals surface area contributed by atoms with E-state index in [9.17, 15) is 9.59 Å². The minimum Gasteiger partial charge on any atom is -0.481 e. The van der Waals surface area contributed by atoms with Gasteiger partial charge in [-0.05, 0) is 38.6 Å². The second-order valence-electron chi connectivity index (χ2n) is 4.97. The molecule has 0 amide bonds. The third kappa shape index (κ3) is 5.61. The number of nitrogens with one attached hydrogen (secondary N) is 1. The van der Waals surface area contributed by atoms with Crippen LogP contribution in [0.15, 0.2) is 24.3 Å². The van der Waals surface area contributed by atoms with E-state index < -0.39 is 5.97 Å². The van der Waals surface area contributed by atoms with Crippen LogP contribution in [0.3, 0.4) is 0 Å². The van der Waals surface area contributed by atoms with Gasteiger partial charge in [0, 0.05) is 0 Å². The second-order valence-corrected chi connectivity index (χ2v) is 4.97. The number of benzene rings is 1. The van der Waals surface area contributed by atoms with Crippen LogP contribution in [0, 0.1) is 5.92 Å². The number of carboxylic acid groups (broad SMARTS) is 1. The third-order valence-corrected chi connectivity index (χ3v) is 3.21. The lowest BCUT2D eigenvalue weighted by Gasteiger charge is -2.04. The normalized spacial score (nSPS) is 11.5. The standard InChI is InChI=1S/C8H17NO2.C7H5N3O/c1-7(8(10)11)5-3-4-6-9-2;11-5-10-7-4-2-1-3-6(7)8-9-10/h7,9H,3-6H2,1-2H3,(H,10,11);1-5H. The average molecular weight is 306 g/mol. The second kappa shape index (κ2) is 9.62. The van der Waals surface area contributed by atoms with E-state index in [1.165, 1.54) is 4.68 Å². The molecular formula is C15H22N4O3. The Labute approximate surface area is 129 Å². The highest BCUT2D eigenvalue weighted by molar-refractivity contribution is 5.79. The Bertz CT molecular complexity index is 597. The maximum atomic E-state index is 10.3. The largest absolute Gasteiger partial charge is 0.481 e. The Morgan fingerprint density at radius 2 is 2.14 bits per heavy atom. The number of aliphatic carboxylic acids is 1. The zero-order chi connectivity index (χ0) is 16.4. The van der Waals surface area contributed by atoms with Gasteiger partial charge < -0.3 is 10.4 Å². The fraction of sp³-hybridized carbons (Fsp3) is 0.467. The van der Waals surface area contributed by atoms with Crippen molar-refractivity contribution >= 4 is 23.4 Å². The Morgan fingerprint density at radius 3 is 2.77 bits per heavy atom. The van der Waals surface area contributed by atoms with E-state index in [2.05, 4.69) is 15.6 Å². The number of hydrogen-bond acceptors (Lipinski definition) is 5. The Morgan fingerprint density at radius 1 is 1.41 bits per heavy atom.